The highest BCUT2D eigenvalue weighted by atomic mass is 32.2. The Kier molecular flexibility index (Phi) is 5.34. The maximum Gasteiger partial charge on any atom is 0.277 e. The third-order valence-corrected chi connectivity index (χ3v) is 5.20. The minimum atomic E-state index is -0.735. The molecule has 8 heteroatoms. The summed E-state index contributed by atoms with van der Waals surface area (Å²) in [5.74, 6) is 0.204. The van der Waals surface area contributed by atoms with Crippen LogP contribution in [-0.4, -0.2) is 31.9 Å². The van der Waals surface area contributed by atoms with Crippen molar-refractivity contribution in [2.75, 3.05) is 0 Å². The molecule has 1 N–H and O–H groups in total. The Morgan fingerprint density at radius 1 is 1.32 bits per heavy atom. The second kappa shape index (κ2) is 7.66. The summed E-state index contributed by atoms with van der Waals surface area (Å²) in [4.78, 5) is 16.4. The van der Waals surface area contributed by atoms with E-state index in [1.54, 1.807) is 31.5 Å². The van der Waals surface area contributed by atoms with Gasteiger partial charge in [-0.1, -0.05) is 31.0 Å². The maximum absolute atomic E-state index is 12.5. The van der Waals surface area contributed by atoms with Gasteiger partial charge in [-0.25, -0.2) is 0 Å². The van der Waals surface area contributed by atoms with Gasteiger partial charge in [0, 0.05) is 18.0 Å². The standard InChI is InChI=1S/C17H19N5O2S/c1-12(14(23)20-17(11-18)7-3-2-4-8-17)25-16-22-21-15(24-16)13-5-9-19-10-6-13/h5-6,9-10,12H,2-4,7-8H2,1H3,(H,20,23). The van der Waals surface area contributed by atoms with Gasteiger partial charge in [-0.05, 0) is 31.9 Å². The number of carbonyl (C=O) groups excluding carboxylic acids is 1. The summed E-state index contributed by atoms with van der Waals surface area (Å²) in [5, 5.41) is 20.3. The van der Waals surface area contributed by atoms with Gasteiger partial charge in [-0.3, -0.25) is 9.78 Å². The van der Waals surface area contributed by atoms with E-state index in [1.807, 2.05) is 0 Å². The number of thioether (sulfide) groups is 1. The van der Waals surface area contributed by atoms with Crippen LogP contribution in [0.3, 0.4) is 0 Å². The highest BCUT2D eigenvalue weighted by Crippen LogP contribution is 2.30. The molecule has 1 fully saturated rings. The first kappa shape index (κ1) is 17.4. The summed E-state index contributed by atoms with van der Waals surface area (Å²) >= 11 is 1.19. The average molecular weight is 357 g/mol. The monoisotopic (exact) mass is 357 g/mol. The molecule has 130 valence electrons. The summed E-state index contributed by atoms with van der Waals surface area (Å²) < 4.78 is 5.60. The van der Waals surface area contributed by atoms with Crippen LogP contribution in [0, 0.1) is 11.3 Å². The molecule has 3 rings (SSSR count). The summed E-state index contributed by atoms with van der Waals surface area (Å²) in [6, 6.07) is 5.85. The lowest BCUT2D eigenvalue weighted by Crippen LogP contribution is -2.50. The van der Waals surface area contributed by atoms with Gasteiger partial charge in [0.1, 0.15) is 5.54 Å². The van der Waals surface area contributed by atoms with Crippen LogP contribution in [-0.2, 0) is 4.79 Å². The molecule has 0 saturated heterocycles. The normalized spacial score (nSPS) is 17.4. The molecule has 1 aliphatic carbocycles. The Morgan fingerprint density at radius 3 is 2.72 bits per heavy atom. The number of nitrogens with one attached hydrogen (secondary N) is 1. The minimum absolute atomic E-state index is 0.183. The number of rotatable bonds is 5. The van der Waals surface area contributed by atoms with Gasteiger partial charge in [0.05, 0.1) is 11.3 Å². The Morgan fingerprint density at radius 2 is 2.04 bits per heavy atom. The van der Waals surface area contributed by atoms with E-state index in [0.717, 1.165) is 24.8 Å². The Hall–Kier alpha value is -2.40. The summed E-state index contributed by atoms with van der Waals surface area (Å²) in [5.41, 5.74) is 0.0402. The zero-order chi connectivity index (χ0) is 17.7. The molecule has 1 aliphatic rings. The quantitative estimate of drug-likeness (QED) is 0.820. The maximum atomic E-state index is 12.5. The van der Waals surface area contributed by atoms with Crippen molar-refractivity contribution < 1.29 is 9.21 Å². The fraction of sp³-hybridized carbons (Fsp3) is 0.471. The van der Waals surface area contributed by atoms with Crippen molar-refractivity contribution in [3.05, 3.63) is 24.5 Å². The van der Waals surface area contributed by atoms with Crippen molar-refractivity contribution >= 4 is 17.7 Å². The van der Waals surface area contributed by atoms with Crippen molar-refractivity contribution in [2.24, 2.45) is 0 Å². The fourth-order valence-corrected chi connectivity index (χ4v) is 3.51. The smallest absolute Gasteiger partial charge is 0.277 e. The highest BCUT2D eigenvalue weighted by molar-refractivity contribution is 8.00. The first-order chi connectivity index (χ1) is 12.1. The van der Waals surface area contributed by atoms with E-state index in [-0.39, 0.29) is 5.91 Å². The molecule has 1 amide bonds. The summed E-state index contributed by atoms with van der Waals surface area (Å²) in [7, 11) is 0. The SMILES string of the molecule is CC(Sc1nnc(-c2ccncc2)o1)C(=O)NC1(C#N)CCCCC1. The van der Waals surface area contributed by atoms with Gasteiger partial charge >= 0.3 is 0 Å². The Balaban J connectivity index is 1.62. The number of carbonyl (C=O) groups is 1. The molecule has 25 heavy (non-hydrogen) atoms. The van der Waals surface area contributed by atoms with Crippen molar-refractivity contribution in [3.63, 3.8) is 0 Å². The molecule has 2 aromatic rings. The Labute approximate surface area is 150 Å². The predicted molar refractivity (Wildman–Crippen MR) is 92.4 cm³/mol. The van der Waals surface area contributed by atoms with Crippen LogP contribution < -0.4 is 5.32 Å². The van der Waals surface area contributed by atoms with E-state index >= 15 is 0 Å². The molecule has 2 aromatic heterocycles. The van der Waals surface area contributed by atoms with E-state index in [9.17, 15) is 10.1 Å². The lowest BCUT2D eigenvalue weighted by Gasteiger charge is -2.32. The lowest BCUT2D eigenvalue weighted by molar-refractivity contribution is -0.122. The first-order valence-corrected chi connectivity index (χ1v) is 9.14. The molecule has 0 spiro atoms. The van der Waals surface area contributed by atoms with Crippen molar-refractivity contribution in [3.8, 4) is 17.5 Å². The van der Waals surface area contributed by atoms with Crippen LogP contribution in [0.4, 0.5) is 0 Å². The number of hydrogen-bond acceptors (Lipinski definition) is 7. The molecule has 0 aromatic carbocycles. The van der Waals surface area contributed by atoms with E-state index in [1.165, 1.54) is 11.8 Å². The van der Waals surface area contributed by atoms with Crippen LogP contribution in [0.25, 0.3) is 11.5 Å². The second-order valence-electron chi connectivity index (χ2n) is 6.11. The molecule has 0 bridgehead atoms. The fourth-order valence-electron chi connectivity index (χ4n) is 2.83. The average Bonchev–Trinajstić information content (AvgIpc) is 3.11. The van der Waals surface area contributed by atoms with E-state index in [4.69, 9.17) is 4.42 Å². The largest absolute Gasteiger partial charge is 0.411 e. The zero-order valence-electron chi connectivity index (χ0n) is 13.9. The van der Waals surface area contributed by atoms with Crippen LogP contribution >= 0.6 is 11.8 Å². The molecular weight excluding hydrogens is 338 g/mol. The number of hydrogen-bond donors (Lipinski definition) is 1. The van der Waals surface area contributed by atoms with E-state index < -0.39 is 10.8 Å². The van der Waals surface area contributed by atoms with Crippen LogP contribution in [0.1, 0.15) is 39.0 Å². The van der Waals surface area contributed by atoms with E-state index in [2.05, 4.69) is 26.6 Å². The third-order valence-electron chi connectivity index (χ3n) is 4.26. The molecule has 1 saturated carbocycles. The molecule has 7 nitrogen and oxygen atoms in total. The van der Waals surface area contributed by atoms with Gasteiger partial charge in [0.15, 0.2) is 0 Å². The molecule has 1 atom stereocenters. The van der Waals surface area contributed by atoms with Gasteiger partial charge in [0.2, 0.25) is 11.8 Å². The van der Waals surface area contributed by atoms with Gasteiger partial charge < -0.3 is 9.73 Å². The van der Waals surface area contributed by atoms with Crippen LogP contribution in [0.15, 0.2) is 34.2 Å². The number of aromatic nitrogens is 3. The second-order valence-corrected chi connectivity index (χ2v) is 7.40. The van der Waals surface area contributed by atoms with Crippen molar-refractivity contribution in [1.29, 1.82) is 5.26 Å². The number of nitrogens with zero attached hydrogens (tertiary/aromatic N) is 4. The number of nitriles is 1. The van der Waals surface area contributed by atoms with Gasteiger partial charge in [-0.15, -0.1) is 10.2 Å². The number of pyridine rings is 1. The molecule has 1 unspecified atom stereocenters. The van der Waals surface area contributed by atoms with Crippen LogP contribution in [0.2, 0.25) is 0 Å². The van der Waals surface area contributed by atoms with E-state index in [0.29, 0.717) is 24.0 Å². The predicted octanol–water partition coefficient (Wildman–Crippen LogP) is 2.95. The molecule has 2 heterocycles. The molecular formula is C17H19N5O2S. The zero-order valence-corrected chi connectivity index (χ0v) is 14.8. The Bertz CT molecular complexity index is 765. The van der Waals surface area contributed by atoms with Gasteiger partial charge in [-0.2, -0.15) is 5.26 Å². The molecule has 0 radical (unpaired) electrons. The third kappa shape index (κ3) is 4.17. The minimum Gasteiger partial charge on any atom is -0.411 e. The van der Waals surface area contributed by atoms with Crippen molar-refractivity contribution in [2.45, 2.75) is 55.0 Å². The topological polar surface area (TPSA) is 105 Å². The highest BCUT2D eigenvalue weighted by Gasteiger charge is 2.35. The van der Waals surface area contributed by atoms with Crippen LogP contribution in [0.5, 0.6) is 0 Å². The lowest BCUT2D eigenvalue weighted by atomic mass is 9.83. The first-order valence-electron chi connectivity index (χ1n) is 8.26. The van der Waals surface area contributed by atoms with Crippen molar-refractivity contribution in [1.82, 2.24) is 20.5 Å². The molecule has 0 aliphatic heterocycles. The van der Waals surface area contributed by atoms with Gasteiger partial charge in [0.25, 0.3) is 5.22 Å². The summed E-state index contributed by atoms with van der Waals surface area (Å²) in [6.07, 6.45) is 7.76. The number of amides is 1. The summed E-state index contributed by atoms with van der Waals surface area (Å²) in [6.45, 7) is 1.77.